The van der Waals surface area contributed by atoms with E-state index in [0.29, 0.717) is 25.2 Å². The number of piperidine rings is 1. The van der Waals surface area contributed by atoms with Gasteiger partial charge in [-0.2, -0.15) is 0 Å². The molecule has 88 valence electrons. The van der Waals surface area contributed by atoms with Crippen molar-refractivity contribution in [3.05, 3.63) is 29.3 Å². The van der Waals surface area contributed by atoms with Gasteiger partial charge in [0.05, 0.1) is 11.4 Å². The van der Waals surface area contributed by atoms with Gasteiger partial charge >= 0.3 is 0 Å². The Kier molecular flexibility index (Phi) is 2.92. The maximum absolute atomic E-state index is 13.1. The lowest BCUT2D eigenvalue weighted by Gasteiger charge is -2.36. The van der Waals surface area contributed by atoms with E-state index < -0.39 is 17.5 Å². The molecular formula is C11H15FN2O2. The number of nitrogens with zero attached hydrogens (tertiary/aromatic N) is 1. The van der Waals surface area contributed by atoms with Crippen molar-refractivity contribution in [3.8, 4) is 0 Å². The van der Waals surface area contributed by atoms with Crippen molar-refractivity contribution in [1.29, 1.82) is 0 Å². The Morgan fingerprint density at radius 1 is 1.56 bits per heavy atom. The second-order valence-corrected chi connectivity index (χ2v) is 4.16. The van der Waals surface area contributed by atoms with E-state index in [2.05, 4.69) is 10.3 Å². The van der Waals surface area contributed by atoms with E-state index in [9.17, 15) is 14.6 Å². The summed E-state index contributed by atoms with van der Waals surface area (Å²) >= 11 is 0. The predicted molar refractivity (Wildman–Crippen MR) is 56.3 cm³/mol. The fraction of sp³-hybridized carbons (Fsp3) is 0.545. The molecule has 0 aromatic carbocycles. The average Bonchev–Trinajstić information content (AvgIpc) is 2.26. The van der Waals surface area contributed by atoms with Gasteiger partial charge in [0.15, 0.2) is 0 Å². The zero-order valence-electron chi connectivity index (χ0n) is 9.07. The first-order valence-electron chi connectivity index (χ1n) is 5.29. The number of hydrogen-bond acceptors (Lipinski definition) is 4. The molecule has 1 aromatic rings. The molecule has 0 unspecified atom stereocenters. The molecule has 3 N–H and O–H groups in total. The van der Waals surface area contributed by atoms with E-state index in [0.717, 1.165) is 0 Å². The summed E-state index contributed by atoms with van der Waals surface area (Å²) in [5.74, 6) is -0.407. The van der Waals surface area contributed by atoms with E-state index in [1.54, 1.807) is 0 Å². The zero-order chi connectivity index (χ0) is 11.8. The third kappa shape index (κ3) is 1.81. The number of aliphatic hydroxyl groups is 2. The highest BCUT2D eigenvalue weighted by atomic mass is 19.1. The van der Waals surface area contributed by atoms with Gasteiger partial charge in [0.1, 0.15) is 17.5 Å². The first-order chi connectivity index (χ1) is 7.54. The molecule has 0 aliphatic carbocycles. The molecule has 0 spiro atoms. The van der Waals surface area contributed by atoms with Gasteiger partial charge < -0.3 is 15.5 Å². The Morgan fingerprint density at radius 2 is 2.31 bits per heavy atom. The van der Waals surface area contributed by atoms with E-state index in [1.165, 1.54) is 19.1 Å². The Morgan fingerprint density at radius 3 is 2.94 bits per heavy atom. The Balaban J connectivity index is 2.37. The molecule has 2 atom stereocenters. The lowest BCUT2D eigenvalue weighted by atomic mass is 9.86. The van der Waals surface area contributed by atoms with Gasteiger partial charge in [-0.1, -0.05) is 0 Å². The monoisotopic (exact) mass is 226 g/mol. The molecule has 0 radical (unpaired) electrons. The molecule has 0 saturated carbocycles. The maximum atomic E-state index is 13.1. The number of hydrogen-bond donors (Lipinski definition) is 3. The lowest BCUT2D eigenvalue weighted by molar-refractivity contribution is -0.101. The highest BCUT2D eigenvalue weighted by molar-refractivity contribution is 5.20. The zero-order valence-corrected chi connectivity index (χ0v) is 9.07. The van der Waals surface area contributed by atoms with E-state index in [1.807, 2.05) is 0 Å². The maximum Gasteiger partial charge on any atom is 0.144 e. The van der Waals surface area contributed by atoms with Crippen LogP contribution in [-0.2, 0) is 5.60 Å². The smallest absolute Gasteiger partial charge is 0.144 e. The predicted octanol–water partition coefficient (Wildman–Crippen LogP) is 0.0709. The average molecular weight is 226 g/mol. The number of β-amino-alcohol motifs (C(OH)–C–C–N with tert-alkyl or cyclic N) is 1. The minimum atomic E-state index is -1.37. The van der Waals surface area contributed by atoms with Crippen LogP contribution < -0.4 is 5.32 Å². The Hall–Kier alpha value is -1.04. The normalized spacial score (nSPS) is 30.4. The van der Waals surface area contributed by atoms with Gasteiger partial charge in [0.25, 0.3) is 0 Å². The van der Waals surface area contributed by atoms with Crippen molar-refractivity contribution in [2.75, 3.05) is 13.1 Å². The fourth-order valence-corrected chi connectivity index (χ4v) is 1.94. The standard InChI is InChI=1S/C11H15FN2O2/c1-7-8(12)2-3-9(14-7)11(16)4-5-13-6-10(11)15/h2-3,10,13,15-16H,4-6H2,1H3/t10-,11-/m0/s1. The molecule has 16 heavy (non-hydrogen) atoms. The number of aliphatic hydroxyl groups excluding tert-OH is 1. The molecule has 4 nitrogen and oxygen atoms in total. The van der Waals surface area contributed by atoms with E-state index in [4.69, 9.17) is 0 Å². The van der Waals surface area contributed by atoms with Crippen molar-refractivity contribution >= 4 is 0 Å². The summed E-state index contributed by atoms with van der Waals surface area (Å²) in [5, 5.41) is 23.1. The largest absolute Gasteiger partial charge is 0.388 e. The number of pyridine rings is 1. The Bertz CT molecular complexity index is 400. The number of rotatable bonds is 1. The molecule has 1 aromatic heterocycles. The third-order valence-corrected chi connectivity index (χ3v) is 3.04. The van der Waals surface area contributed by atoms with Crippen LogP contribution in [0.4, 0.5) is 4.39 Å². The summed E-state index contributed by atoms with van der Waals surface area (Å²) in [6, 6.07) is 2.70. The summed E-state index contributed by atoms with van der Waals surface area (Å²) in [5.41, 5.74) is -0.805. The molecule has 2 heterocycles. The van der Waals surface area contributed by atoms with Gasteiger partial charge in [0.2, 0.25) is 0 Å². The van der Waals surface area contributed by atoms with Crippen LogP contribution in [0.3, 0.4) is 0 Å². The van der Waals surface area contributed by atoms with Gasteiger partial charge in [-0.05, 0) is 32.0 Å². The van der Waals surface area contributed by atoms with Crippen LogP contribution >= 0.6 is 0 Å². The highest BCUT2D eigenvalue weighted by Crippen LogP contribution is 2.29. The minimum absolute atomic E-state index is 0.233. The third-order valence-electron chi connectivity index (χ3n) is 3.04. The molecule has 2 rings (SSSR count). The van der Waals surface area contributed by atoms with Crippen LogP contribution in [-0.4, -0.2) is 34.4 Å². The second-order valence-electron chi connectivity index (χ2n) is 4.16. The topological polar surface area (TPSA) is 65.4 Å². The molecule has 1 aliphatic rings. The molecule has 1 aliphatic heterocycles. The summed E-state index contributed by atoms with van der Waals surface area (Å²) in [6.45, 7) is 2.45. The van der Waals surface area contributed by atoms with Crippen LogP contribution in [0.1, 0.15) is 17.8 Å². The van der Waals surface area contributed by atoms with Crippen molar-refractivity contribution in [1.82, 2.24) is 10.3 Å². The summed E-state index contributed by atoms with van der Waals surface area (Å²) in [6.07, 6.45) is -0.551. The van der Waals surface area contributed by atoms with Gasteiger partial charge in [-0.25, -0.2) is 4.39 Å². The lowest BCUT2D eigenvalue weighted by Crippen LogP contribution is -2.52. The number of aromatic nitrogens is 1. The first kappa shape index (κ1) is 11.4. The number of nitrogens with one attached hydrogen (secondary N) is 1. The van der Waals surface area contributed by atoms with Crippen molar-refractivity contribution in [2.24, 2.45) is 0 Å². The number of aryl methyl sites for hydroxylation is 1. The van der Waals surface area contributed by atoms with Gasteiger partial charge in [-0.15, -0.1) is 0 Å². The molecule has 0 bridgehead atoms. The second kappa shape index (κ2) is 4.08. The van der Waals surface area contributed by atoms with Crippen LogP contribution in [0.5, 0.6) is 0 Å². The van der Waals surface area contributed by atoms with Crippen molar-refractivity contribution < 1.29 is 14.6 Å². The first-order valence-corrected chi connectivity index (χ1v) is 5.29. The van der Waals surface area contributed by atoms with Crippen molar-refractivity contribution in [3.63, 3.8) is 0 Å². The summed E-state index contributed by atoms with van der Waals surface area (Å²) in [7, 11) is 0. The Labute approximate surface area is 93.1 Å². The van der Waals surface area contributed by atoms with Gasteiger partial charge in [0, 0.05) is 6.54 Å². The molecule has 1 fully saturated rings. The summed E-state index contributed by atoms with van der Waals surface area (Å²) in [4.78, 5) is 4.01. The van der Waals surface area contributed by atoms with Crippen LogP contribution in [0.2, 0.25) is 0 Å². The van der Waals surface area contributed by atoms with Crippen LogP contribution in [0.15, 0.2) is 12.1 Å². The quantitative estimate of drug-likeness (QED) is 0.634. The van der Waals surface area contributed by atoms with E-state index in [-0.39, 0.29) is 5.69 Å². The molecule has 1 saturated heterocycles. The van der Waals surface area contributed by atoms with Crippen LogP contribution in [0, 0.1) is 12.7 Å². The van der Waals surface area contributed by atoms with E-state index >= 15 is 0 Å². The molecule has 0 amide bonds. The number of halogens is 1. The van der Waals surface area contributed by atoms with Crippen LogP contribution in [0.25, 0.3) is 0 Å². The van der Waals surface area contributed by atoms with Gasteiger partial charge in [-0.3, -0.25) is 4.98 Å². The summed E-state index contributed by atoms with van der Waals surface area (Å²) < 4.78 is 13.1. The highest BCUT2D eigenvalue weighted by Gasteiger charge is 2.40. The fourth-order valence-electron chi connectivity index (χ4n) is 1.94. The SMILES string of the molecule is Cc1nc([C@@]2(O)CCNC[C@@H]2O)ccc1F. The molecular weight excluding hydrogens is 211 g/mol. The minimum Gasteiger partial charge on any atom is -0.388 e. The van der Waals surface area contributed by atoms with Crippen molar-refractivity contribution in [2.45, 2.75) is 25.0 Å². The molecule has 5 heteroatoms.